The van der Waals surface area contributed by atoms with Crippen molar-refractivity contribution in [2.45, 2.75) is 25.9 Å². The molecule has 5 nitrogen and oxygen atoms in total. The summed E-state index contributed by atoms with van der Waals surface area (Å²) in [6, 6.07) is 33.5. The first-order valence-electron chi connectivity index (χ1n) is 11.7. The molecule has 0 radical (unpaired) electrons. The van der Waals surface area contributed by atoms with Gasteiger partial charge >= 0.3 is 0 Å². The second-order valence-electron chi connectivity index (χ2n) is 8.25. The number of nitrogens with one attached hydrogen (secondary N) is 1. The van der Waals surface area contributed by atoms with Crippen LogP contribution in [0.1, 0.15) is 28.4 Å². The lowest BCUT2D eigenvalue weighted by molar-refractivity contribution is 0.174. The van der Waals surface area contributed by atoms with Crippen molar-refractivity contribution >= 4 is 12.4 Å². The van der Waals surface area contributed by atoms with Crippen molar-refractivity contribution in [2.24, 2.45) is 0 Å². The summed E-state index contributed by atoms with van der Waals surface area (Å²) in [6.45, 7) is 2.01. The predicted octanol–water partition coefficient (Wildman–Crippen LogP) is 6.10. The third-order valence-electron chi connectivity index (χ3n) is 5.65. The molecule has 0 heterocycles. The van der Waals surface area contributed by atoms with Gasteiger partial charge in [0.05, 0.1) is 13.2 Å². The van der Waals surface area contributed by atoms with Crippen molar-refractivity contribution in [2.75, 3.05) is 13.7 Å². The maximum Gasteiger partial charge on any atom is 0.161 e. The van der Waals surface area contributed by atoms with Crippen LogP contribution in [-0.2, 0) is 19.8 Å². The van der Waals surface area contributed by atoms with E-state index in [1.807, 2.05) is 103 Å². The van der Waals surface area contributed by atoms with Gasteiger partial charge in [0.2, 0.25) is 0 Å². The van der Waals surface area contributed by atoms with Crippen molar-refractivity contribution < 1.29 is 19.3 Å². The van der Waals surface area contributed by atoms with Crippen LogP contribution >= 0.6 is 12.4 Å². The van der Waals surface area contributed by atoms with Crippen LogP contribution in [0.3, 0.4) is 0 Å². The molecule has 0 fully saturated rings. The molecule has 1 atom stereocenters. The number of aliphatic hydroxyl groups excluding tert-OH is 1. The fourth-order valence-corrected chi connectivity index (χ4v) is 3.68. The molecule has 0 aliphatic heterocycles. The summed E-state index contributed by atoms with van der Waals surface area (Å²) in [5.41, 5.74) is 4.10. The van der Waals surface area contributed by atoms with Gasteiger partial charge in [0, 0.05) is 13.1 Å². The molecular formula is C30H32ClNO4. The molecule has 0 aliphatic rings. The second-order valence-corrected chi connectivity index (χ2v) is 8.25. The van der Waals surface area contributed by atoms with Gasteiger partial charge in [0.15, 0.2) is 11.5 Å². The fraction of sp³-hybridized carbons (Fsp3) is 0.200. The number of aliphatic hydroxyl groups is 1. The molecule has 188 valence electrons. The maximum absolute atomic E-state index is 10.6. The quantitative estimate of drug-likeness (QED) is 0.244. The van der Waals surface area contributed by atoms with E-state index in [9.17, 15) is 5.11 Å². The van der Waals surface area contributed by atoms with E-state index in [4.69, 9.17) is 14.2 Å². The Bertz CT molecular complexity index is 1170. The molecule has 0 bridgehead atoms. The first kappa shape index (κ1) is 27.1. The zero-order valence-corrected chi connectivity index (χ0v) is 21.1. The van der Waals surface area contributed by atoms with Crippen LogP contribution in [0.2, 0.25) is 0 Å². The number of methoxy groups -OCH3 is 1. The molecule has 0 saturated heterocycles. The number of hydrogen-bond donors (Lipinski definition) is 2. The zero-order chi connectivity index (χ0) is 24.3. The molecule has 2 N–H and O–H groups in total. The normalized spacial score (nSPS) is 11.3. The third kappa shape index (κ3) is 8.02. The molecular weight excluding hydrogens is 474 g/mol. The van der Waals surface area contributed by atoms with Crippen molar-refractivity contribution in [3.05, 3.63) is 125 Å². The van der Waals surface area contributed by atoms with Gasteiger partial charge in [-0.15, -0.1) is 12.4 Å². The highest BCUT2D eigenvalue weighted by Gasteiger charge is 2.10. The summed E-state index contributed by atoms with van der Waals surface area (Å²) in [4.78, 5) is 0. The summed E-state index contributed by atoms with van der Waals surface area (Å²) in [6.07, 6.45) is -0.620. The lowest BCUT2D eigenvalue weighted by Gasteiger charge is -2.15. The number of benzene rings is 4. The van der Waals surface area contributed by atoms with E-state index in [0.29, 0.717) is 37.8 Å². The topological polar surface area (TPSA) is 60.0 Å². The van der Waals surface area contributed by atoms with Crippen LogP contribution in [-0.4, -0.2) is 18.8 Å². The van der Waals surface area contributed by atoms with Crippen molar-refractivity contribution in [1.29, 1.82) is 0 Å². The summed E-state index contributed by atoms with van der Waals surface area (Å²) < 4.78 is 17.3. The molecule has 4 rings (SSSR count). The highest BCUT2D eigenvalue weighted by molar-refractivity contribution is 5.85. The van der Waals surface area contributed by atoms with Crippen LogP contribution in [0.4, 0.5) is 0 Å². The first-order valence-corrected chi connectivity index (χ1v) is 11.7. The summed E-state index contributed by atoms with van der Waals surface area (Å²) in [7, 11) is 1.64. The van der Waals surface area contributed by atoms with Crippen LogP contribution in [0.15, 0.2) is 103 Å². The molecule has 6 heteroatoms. The Hall–Kier alpha value is -3.51. The minimum absolute atomic E-state index is 0. The van der Waals surface area contributed by atoms with Crippen molar-refractivity contribution in [1.82, 2.24) is 5.32 Å². The molecule has 0 aromatic heterocycles. The minimum Gasteiger partial charge on any atom is -0.493 e. The summed E-state index contributed by atoms with van der Waals surface area (Å²) >= 11 is 0. The Morgan fingerprint density at radius 1 is 0.694 bits per heavy atom. The largest absolute Gasteiger partial charge is 0.493 e. The Morgan fingerprint density at radius 2 is 1.31 bits per heavy atom. The molecule has 36 heavy (non-hydrogen) atoms. The number of hydrogen-bond acceptors (Lipinski definition) is 5. The third-order valence-corrected chi connectivity index (χ3v) is 5.65. The summed E-state index contributed by atoms with van der Waals surface area (Å²) in [5.74, 6) is 2.17. The van der Waals surface area contributed by atoms with Gasteiger partial charge in [-0.2, -0.15) is 0 Å². The zero-order valence-electron chi connectivity index (χ0n) is 20.3. The van der Waals surface area contributed by atoms with E-state index >= 15 is 0 Å². The van der Waals surface area contributed by atoms with E-state index in [0.717, 1.165) is 28.0 Å². The average molecular weight is 506 g/mol. The predicted molar refractivity (Wildman–Crippen MR) is 145 cm³/mol. The smallest absolute Gasteiger partial charge is 0.161 e. The number of rotatable bonds is 12. The molecule has 0 saturated carbocycles. The molecule has 0 spiro atoms. The van der Waals surface area contributed by atoms with Crippen LogP contribution in [0.5, 0.6) is 17.2 Å². The molecule has 0 amide bonds. The first-order chi connectivity index (χ1) is 17.2. The Kier molecular flexibility index (Phi) is 10.6. The summed E-state index contributed by atoms with van der Waals surface area (Å²) in [5, 5.41) is 13.9. The van der Waals surface area contributed by atoms with Crippen LogP contribution in [0, 0.1) is 0 Å². The van der Waals surface area contributed by atoms with Gasteiger partial charge in [-0.3, -0.25) is 0 Å². The van der Waals surface area contributed by atoms with E-state index in [1.54, 1.807) is 7.11 Å². The molecule has 4 aromatic rings. The van der Waals surface area contributed by atoms with Gasteiger partial charge in [-0.05, 0) is 46.5 Å². The average Bonchev–Trinajstić information content (AvgIpc) is 2.92. The lowest BCUT2D eigenvalue weighted by atomic mass is 10.1. The van der Waals surface area contributed by atoms with Gasteiger partial charge < -0.3 is 24.6 Å². The standard InChI is InChI=1S/C30H31NO4.ClH/c1-33-29-17-12-25(18-30(29)35-22-24-10-6-3-7-11-24)19-31-20-28(32)26-13-15-27(16-14-26)34-21-23-8-4-2-5-9-23;/h2-18,28,31-32H,19-22H2,1H3;1H. The van der Waals surface area contributed by atoms with Crippen LogP contribution < -0.4 is 19.5 Å². The highest BCUT2D eigenvalue weighted by Crippen LogP contribution is 2.29. The Labute approximate surface area is 219 Å². The van der Waals surface area contributed by atoms with Gasteiger partial charge in [0.25, 0.3) is 0 Å². The van der Waals surface area contributed by atoms with E-state index in [2.05, 4.69) is 5.32 Å². The number of ether oxygens (including phenoxy) is 3. The highest BCUT2D eigenvalue weighted by atomic mass is 35.5. The SMILES string of the molecule is COc1ccc(CNCC(O)c2ccc(OCc3ccccc3)cc2)cc1OCc1ccccc1.Cl. The maximum atomic E-state index is 10.6. The van der Waals surface area contributed by atoms with E-state index in [1.165, 1.54) is 0 Å². The van der Waals surface area contributed by atoms with E-state index in [-0.39, 0.29) is 12.4 Å². The van der Waals surface area contributed by atoms with E-state index < -0.39 is 6.10 Å². The molecule has 1 unspecified atom stereocenters. The second kappa shape index (κ2) is 14.1. The van der Waals surface area contributed by atoms with Crippen molar-refractivity contribution in [3.8, 4) is 17.2 Å². The molecule has 4 aromatic carbocycles. The Morgan fingerprint density at radius 3 is 1.92 bits per heavy atom. The monoisotopic (exact) mass is 505 g/mol. The van der Waals surface area contributed by atoms with Crippen molar-refractivity contribution in [3.63, 3.8) is 0 Å². The van der Waals surface area contributed by atoms with Gasteiger partial charge in [-0.1, -0.05) is 78.9 Å². The van der Waals surface area contributed by atoms with Gasteiger partial charge in [-0.25, -0.2) is 0 Å². The number of halogens is 1. The minimum atomic E-state index is -0.620. The fourth-order valence-electron chi connectivity index (χ4n) is 3.68. The lowest BCUT2D eigenvalue weighted by Crippen LogP contribution is -2.21. The van der Waals surface area contributed by atoms with Gasteiger partial charge in [0.1, 0.15) is 19.0 Å². The molecule has 0 aliphatic carbocycles. The Balaban J connectivity index is 0.00000361. The van der Waals surface area contributed by atoms with Crippen LogP contribution in [0.25, 0.3) is 0 Å².